The molecule has 0 saturated carbocycles. The summed E-state index contributed by atoms with van der Waals surface area (Å²) in [5.74, 6) is 0.556. The van der Waals surface area contributed by atoms with Crippen molar-refractivity contribution in [2.75, 3.05) is 6.54 Å². The van der Waals surface area contributed by atoms with Crippen LogP contribution in [-0.2, 0) is 13.0 Å². The molecule has 2 amide bonds. The number of carbonyl (C=O) groups excluding carboxylic acids is 1. The Kier molecular flexibility index (Phi) is 6.05. The Morgan fingerprint density at radius 2 is 1.87 bits per heavy atom. The van der Waals surface area contributed by atoms with Gasteiger partial charge in [-0.15, -0.1) is 0 Å². The lowest BCUT2D eigenvalue weighted by Crippen LogP contribution is -2.36. The fourth-order valence-corrected chi connectivity index (χ4v) is 2.91. The maximum atomic E-state index is 12.0. The van der Waals surface area contributed by atoms with Gasteiger partial charge in [-0.3, -0.25) is 0 Å². The number of para-hydroxylation sites is 1. The van der Waals surface area contributed by atoms with E-state index in [1.54, 1.807) is 29.2 Å². The Morgan fingerprint density at radius 1 is 1.07 bits per heavy atom. The van der Waals surface area contributed by atoms with E-state index in [9.17, 15) is 4.79 Å². The lowest BCUT2D eigenvalue weighted by atomic mass is 10.1. The third-order valence-electron chi connectivity index (χ3n) is 4.32. The molecule has 0 atom stereocenters. The molecular formula is C21H19ClN6O2. The normalized spacial score (nSPS) is 10.7. The molecule has 2 aromatic heterocycles. The fourth-order valence-electron chi connectivity index (χ4n) is 2.78. The molecule has 0 aliphatic rings. The highest BCUT2D eigenvalue weighted by molar-refractivity contribution is 6.30. The Morgan fingerprint density at radius 3 is 2.67 bits per heavy atom. The number of rotatable bonds is 7. The van der Waals surface area contributed by atoms with Crippen molar-refractivity contribution >= 4 is 17.6 Å². The monoisotopic (exact) mass is 422 g/mol. The average Bonchev–Trinajstić information content (AvgIpc) is 3.43. The van der Waals surface area contributed by atoms with Gasteiger partial charge in [0, 0.05) is 29.6 Å². The van der Waals surface area contributed by atoms with Crippen LogP contribution in [0.2, 0.25) is 5.02 Å². The van der Waals surface area contributed by atoms with Gasteiger partial charge in [0.2, 0.25) is 0 Å². The van der Waals surface area contributed by atoms with Crippen LogP contribution in [0, 0.1) is 0 Å². The lowest BCUT2D eigenvalue weighted by molar-refractivity contribution is 0.239. The van der Waals surface area contributed by atoms with E-state index in [4.69, 9.17) is 16.1 Å². The summed E-state index contributed by atoms with van der Waals surface area (Å²) in [6, 6.07) is 18.4. The minimum Gasteiger partial charge on any atom is -0.359 e. The van der Waals surface area contributed by atoms with Gasteiger partial charge in [-0.05, 0) is 24.3 Å². The maximum absolute atomic E-state index is 12.0. The fraction of sp³-hybridized carbons (Fsp3) is 0.143. The van der Waals surface area contributed by atoms with Crippen molar-refractivity contribution in [2.24, 2.45) is 0 Å². The SMILES string of the molecule is O=C(NCCc1cnn(-c2ccccc2)n1)NCc1cc(-c2ccc(Cl)cc2)no1. The molecule has 0 unspecified atom stereocenters. The van der Waals surface area contributed by atoms with Crippen LogP contribution in [-0.4, -0.2) is 32.7 Å². The second-order valence-electron chi connectivity index (χ2n) is 6.51. The summed E-state index contributed by atoms with van der Waals surface area (Å²) in [4.78, 5) is 13.6. The van der Waals surface area contributed by atoms with Gasteiger partial charge in [-0.1, -0.05) is 47.1 Å². The molecule has 0 aliphatic carbocycles. The molecule has 0 bridgehead atoms. The molecule has 30 heavy (non-hydrogen) atoms. The third kappa shape index (κ3) is 5.03. The van der Waals surface area contributed by atoms with E-state index in [-0.39, 0.29) is 12.6 Å². The predicted octanol–water partition coefficient (Wildman–Crippen LogP) is 3.62. The summed E-state index contributed by atoms with van der Waals surface area (Å²) in [6.45, 7) is 0.669. The van der Waals surface area contributed by atoms with Gasteiger partial charge in [0.15, 0.2) is 5.76 Å². The van der Waals surface area contributed by atoms with Crippen molar-refractivity contribution in [1.29, 1.82) is 0 Å². The number of hydrogen-bond donors (Lipinski definition) is 2. The Bertz CT molecular complexity index is 1110. The first-order valence-corrected chi connectivity index (χ1v) is 9.75. The smallest absolute Gasteiger partial charge is 0.315 e. The minimum absolute atomic E-state index is 0.233. The second-order valence-corrected chi connectivity index (χ2v) is 6.94. The molecule has 0 radical (unpaired) electrons. The number of halogens is 1. The first kappa shape index (κ1) is 19.7. The number of amides is 2. The Balaban J connectivity index is 1.21. The van der Waals surface area contributed by atoms with Crippen molar-refractivity contribution in [2.45, 2.75) is 13.0 Å². The van der Waals surface area contributed by atoms with Crippen molar-refractivity contribution in [1.82, 2.24) is 30.8 Å². The van der Waals surface area contributed by atoms with E-state index in [0.717, 1.165) is 16.9 Å². The minimum atomic E-state index is -0.296. The first-order chi connectivity index (χ1) is 14.7. The molecule has 152 valence electrons. The number of aromatic nitrogens is 4. The summed E-state index contributed by atoms with van der Waals surface area (Å²) in [6.07, 6.45) is 2.27. The van der Waals surface area contributed by atoms with E-state index in [1.165, 1.54) is 0 Å². The number of benzene rings is 2. The lowest BCUT2D eigenvalue weighted by Gasteiger charge is -2.04. The molecule has 0 saturated heterocycles. The number of urea groups is 1. The molecule has 0 fully saturated rings. The number of nitrogens with zero attached hydrogens (tertiary/aromatic N) is 4. The summed E-state index contributed by atoms with van der Waals surface area (Å²) in [5.41, 5.74) is 3.26. The Hall–Kier alpha value is -3.65. The quantitative estimate of drug-likeness (QED) is 0.474. The van der Waals surface area contributed by atoms with E-state index in [1.807, 2.05) is 42.5 Å². The van der Waals surface area contributed by atoms with Crippen LogP contribution < -0.4 is 10.6 Å². The van der Waals surface area contributed by atoms with Gasteiger partial charge >= 0.3 is 6.03 Å². The molecule has 8 nitrogen and oxygen atoms in total. The second kappa shape index (κ2) is 9.23. The number of nitrogens with one attached hydrogen (secondary N) is 2. The zero-order valence-electron chi connectivity index (χ0n) is 16.0. The van der Waals surface area contributed by atoms with Gasteiger partial charge in [0.25, 0.3) is 0 Å². The van der Waals surface area contributed by atoms with E-state index in [0.29, 0.717) is 29.4 Å². The summed E-state index contributed by atoms with van der Waals surface area (Å²) in [7, 11) is 0. The van der Waals surface area contributed by atoms with Gasteiger partial charge < -0.3 is 15.2 Å². The van der Waals surface area contributed by atoms with Gasteiger partial charge in [-0.25, -0.2) is 4.79 Å². The first-order valence-electron chi connectivity index (χ1n) is 9.37. The molecule has 2 heterocycles. The largest absolute Gasteiger partial charge is 0.359 e. The molecule has 9 heteroatoms. The zero-order valence-corrected chi connectivity index (χ0v) is 16.7. The van der Waals surface area contributed by atoms with Crippen molar-refractivity contribution < 1.29 is 9.32 Å². The van der Waals surface area contributed by atoms with E-state index >= 15 is 0 Å². The van der Waals surface area contributed by atoms with Crippen LogP contribution in [0.3, 0.4) is 0 Å². The van der Waals surface area contributed by atoms with E-state index in [2.05, 4.69) is 26.0 Å². The van der Waals surface area contributed by atoms with Crippen LogP contribution >= 0.6 is 11.6 Å². The van der Waals surface area contributed by atoms with Crippen LogP contribution in [0.5, 0.6) is 0 Å². The van der Waals surface area contributed by atoms with Crippen LogP contribution in [0.15, 0.2) is 71.4 Å². The van der Waals surface area contributed by atoms with Crippen molar-refractivity contribution in [3.63, 3.8) is 0 Å². The van der Waals surface area contributed by atoms with Crippen LogP contribution in [0.1, 0.15) is 11.5 Å². The van der Waals surface area contributed by atoms with Crippen LogP contribution in [0.4, 0.5) is 4.79 Å². The van der Waals surface area contributed by atoms with Gasteiger partial charge in [-0.2, -0.15) is 15.0 Å². The van der Waals surface area contributed by atoms with Crippen molar-refractivity contribution in [3.05, 3.63) is 83.3 Å². The number of hydrogen-bond acceptors (Lipinski definition) is 5. The summed E-state index contributed by atoms with van der Waals surface area (Å²) in [5, 5.41) is 18.9. The highest BCUT2D eigenvalue weighted by Crippen LogP contribution is 2.21. The molecular weight excluding hydrogens is 404 g/mol. The number of carbonyl (C=O) groups is 1. The summed E-state index contributed by atoms with van der Waals surface area (Å²) < 4.78 is 5.27. The molecule has 4 rings (SSSR count). The van der Waals surface area contributed by atoms with Crippen LogP contribution in [0.25, 0.3) is 16.9 Å². The van der Waals surface area contributed by atoms with Crippen molar-refractivity contribution in [3.8, 4) is 16.9 Å². The van der Waals surface area contributed by atoms with Gasteiger partial charge in [0.05, 0.1) is 24.1 Å². The standard InChI is InChI=1S/C21H19ClN6O2/c22-16-8-6-15(7-9-16)20-12-19(30-27-20)14-24-21(29)23-11-10-17-13-25-28(26-17)18-4-2-1-3-5-18/h1-9,12-13H,10-11,14H2,(H2,23,24,29). The Labute approximate surface area is 177 Å². The topological polar surface area (TPSA) is 97.9 Å². The average molecular weight is 423 g/mol. The highest BCUT2D eigenvalue weighted by atomic mass is 35.5. The maximum Gasteiger partial charge on any atom is 0.315 e. The highest BCUT2D eigenvalue weighted by Gasteiger charge is 2.09. The molecule has 0 spiro atoms. The predicted molar refractivity (Wildman–Crippen MR) is 112 cm³/mol. The van der Waals surface area contributed by atoms with E-state index < -0.39 is 0 Å². The molecule has 2 aromatic carbocycles. The molecule has 4 aromatic rings. The summed E-state index contributed by atoms with van der Waals surface area (Å²) >= 11 is 5.89. The molecule has 2 N–H and O–H groups in total. The zero-order chi connectivity index (χ0) is 20.8. The third-order valence-corrected chi connectivity index (χ3v) is 4.57. The molecule has 0 aliphatic heterocycles. The van der Waals surface area contributed by atoms with Gasteiger partial charge in [0.1, 0.15) is 5.69 Å².